The summed E-state index contributed by atoms with van der Waals surface area (Å²) in [6.07, 6.45) is 5.65. The molecule has 20 heavy (non-hydrogen) atoms. The third kappa shape index (κ3) is 2.70. The van der Waals surface area contributed by atoms with Crippen molar-refractivity contribution in [2.24, 2.45) is 5.41 Å². The van der Waals surface area contributed by atoms with Crippen LogP contribution in [0.25, 0.3) is 0 Å². The molecular formula is C16H24N2O2. The van der Waals surface area contributed by atoms with Crippen molar-refractivity contribution in [3.8, 4) is 0 Å². The molecule has 1 aliphatic rings. The lowest BCUT2D eigenvalue weighted by atomic mass is 9.56. The van der Waals surface area contributed by atoms with Crippen LogP contribution in [0, 0.1) is 5.41 Å². The average Bonchev–Trinajstić information content (AvgIpc) is 2.45. The van der Waals surface area contributed by atoms with Crippen molar-refractivity contribution in [3.05, 3.63) is 30.1 Å². The molecule has 110 valence electrons. The first-order valence-electron chi connectivity index (χ1n) is 7.12. The Morgan fingerprint density at radius 1 is 1.40 bits per heavy atom. The van der Waals surface area contributed by atoms with Gasteiger partial charge in [-0.2, -0.15) is 0 Å². The van der Waals surface area contributed by atoms with E-state index in [-0.39, 0.29) is 23.0 Å². The summed E-state index contributed by atoms with van der Waals surface area (Å²) in [4.78, 5) is 16.0. The van der Waals surface area contributed by atoms with Gasteiger partial charge in [-0.3, -0.25) is 9.78 Å². The van der Waals surface area contributed by atoms with Crippen LogP contribution < -0.4 is 5.32 Å². The Morgan fingerprint density at radius 3 is 2.60 bits per heavy atom. The fourth-order valence-corrected chi connectivity index (χ4v) is 2.80. The molecule has 0 aromatic carbocycles. The number of nitrogens with one attached hydrogen (secondary N) is 1. The van der Waals surface area contributed by atoms with Crippen molar-refractivity contribution < 1.29 is 9.53 Å². The van der Waals surface area contributed by atoms with Gasteiger partial charge in [0.2, 0.25) is 5.91 Å². The number of nitrogens with zero attached hydrogens (tertiary/aromatic N) is 1. The Bertz CT molecular complexity index is 473. The Kier molecular flexibility index (Phi) is 4.14. The first-order chi connectivity index (χ1) is 9.39. The number of amides is 1. The van der Waals surface area contributed by atoms with E-state index < -0.39 is 0 Å². The Morgan fingerprint density at radius 2 is 2.05 bits per heavy atom. The minimum Gasteiger partial charge on any atom is -0.378 e. The molecule has 0 bridgehead atoms. The number of carbonyl (C=O) groups excluding carboxylic acids is 1. The van der Waals surface area contributed by atoms with Crippen molar-refractivity contribution in [2.75, 3.05) is 7.11 Å². The molecule has 1 aromatic rings. The smallest absolute Gasteiger partial charge is 0.220 e. The van der Waals surface area contributed by atoms with Crippen LogP contribution in [0.4, 0.5) is 0 Å². The summed E-state index contributed by atoms with van der Waals surface area (Å²) < 4.78 is 5.57. The van der Waals surface area contributed by atoms with Gasteiger partial charge in [-0.05, 0) is 37.5 Å². The molecule has 4 nitrogen and oxygen atoms in total. The summed E-state index contributed by atoms with van der Waals surface area (Å²) >= 11 is 0. The van der Waals surface area contributed by atoms with Gasteiger partial charge in [-0.25, -0.2) is 0 Å². The lowest BCUT2D eigenvalue weighted by molar-refractivity contribution is -0.182. The first-order valence-corrected chi connectivity index (χ1v) is 7.12. The second kappa shape index (κ2) is 5.52. The Balaban J connectivity index is 1.82. The van der Waals surface area contributed by atoms with Crippen LogP contribution in [0.3, 0.4) is 0 Å². The number of methoxy groups -OCH3 is 1. The monoisotopic (exact) mass is 276 g/mol. The van der Waals surface area contributed by atoms with E-state index in [1.165, 1.54) is 0 Å². The second-order valence-electron chi connectivity index (χ2n) is 6.34. The number of rotatable bonds is 5. The summed E-state index contributed by atoms with van der Waals surface area (Å²) in [5, 5.41) is 3.13. The largest absolute Gasteiger partial charge is 0.378 e. The van der Waals surface area contributed by atoms with Crippen molar-refractivity contribution in [2.45, 2.75) is 51.7 Å². The van der Waals surface area contributed by atoms with E-state index in [1.54, 1.807) is 19.5 Å². The number of pyridine rings is 1. The maximum absolute atomic E-state index is 12.0. The van der Waals surface area contributed by atoms with Crippen LogP contribution in [0.1, 0.15) is 39.2 Å². The maximum atomic E-state index is 12.0. The number of hydrogen-bond acceptors (Lipinski definition) is 3. The summed E-state index contributed by atoms with van der Waals surface area (Å²) in [6, 6.07) is 4.09. The molecule has 0 unspecified atom stereocenters. The van der Waals surface area contributed by atoms with Gasteiger partial charge in [-0.15, -0.1) is 0 Å². The van der Waals surface area contributed by atoms with Crippen LogP contribution >= 0.6 is 0 Å². The first kappa shape index (κ1) is 15.0. The van der Waals surface area contributed by atoms with Gasteiger partial charge in [0.1, 0.15) is 0 Å². The van der Waals surface area contributed by atoms with Crippen LogP contribution in [-0.2, 0) is 16.0 Å². The van der Waals surface area contributed by atoms with Crippen LogP contribution in [0.2, 0.25) is 0 Å². The number of aromatic nitrogens is 1. The van der Waals surface area contributed by atoms with Gasteiger partial charge in [0.05, 0.1) is 5.60 Å². The average molecular weight is 276 g/mol. The van der Waals surface area contributed by atoms with E-state index in [4.69, 9.17) is 4.74 Å². The zero-order chi connectivity index (χ0) is 14.8. The molecule has 2 rings (SSSR count). The standard InChI is InChI=1S/C16H24N2O2/c1-15(2)13(11-16(15,3)20-4)18-14(19)6-5-12-7-9-17-10-8-12/h7-10,13H,5-6,11H2,1-4H3,(H,18,19)/t13-,16+/m1/s1. The molecule has 1 aliphatic carbocycles. The summed E-state index contributed by atoms with van der Waals surface area (Å²) in [6.45, 7) is 6.40. The minimum absolute atomic E-state index is 0.0337. The molecule has 4 heteroatoms. The fraction of sp³-hybridized carbons (Fsp3) is 0.625. The quantitative estimate of drug-likeness (QED) is 0.898. The van der Waals surface area contributed by atoms with Crippen LogP contribution in [0.15, 0.2) is 24.5 Å². The number of ether oxygens (including phenoxy) is 1. The molecule has 0 aliphatic heterocycles. The van der Waals surface area contributed by atoms with E-state index in [1.807, 2.05) is 12.1 Å². The van der Waals surface area contributed by atoms with Gasteiger partial charge in [0, 0.05) is 37.4 Å². The van der Waals surface area contributed by atoms with Crippen molar-refractivity contribution in [3.63, 3.8) is 0 Å². The third-order valence-electron chi connectivity index (χ3n) is 5.00. The highest BCUT2D eigenvalue weighted by Crippen LogP contribution is 2.51. The Hall–Kier alpha value is -1.42. The molecule has 1 saturated carbocycles. The predicted octanol–water partition coefficient (Wildman–Crippen LogP) is 2.33. The minimum atomic E-state index is -0.143. The summed E-state index contributed by atoms with van der Waals surface area (Å²) in [5.41, 5.74) is 0.967. The van der Waals surface area contributed by atoms with Crippen molar-refractivity contribution in [1.29, 1.82) is 0 Å². The third-order valence-corrected chi connectivity index (χ3v) is 5.00. The number of carbonyl (C=O) groups is 1. The van der Waals surface area contributed by atoms with Gasteiger partial charge >= 0.3 is 0 Å². The molecular weight excluding hydrogens is 252 g/mol. The molecule has 2 atom stereocenters. The van der Waals surface area contributed by atoms with Gasteiger partial charge in [0.15, 0.2) is 0 Å². The molecule has 1 fully saturated rings. The maximum Gasteiger partial charge on any atom is 0.220 e. The SMILES string of the molecule is CO[C@@]1(C)C[C@@H](NC(=O)CCc2ccncc2)C1(C)C. The lowest BCUT2D eigenvalue weighted by Gasteiger charge is -2.59. The van der Waals surface area contributed by atoms with E-state index in [2.05, 4.69) is 31.1 Å². The number of hydrogen-bond donors (Lipinski definition) is 1. The summed E-state index contributed by atoms with van der Waals surface area (Å²) in [7, 11) is 1.74. The van der Waals surface area contributed by atoms with Crippen LogP contribution in [-0.4, -0.2) is 29.6 Å². The fourth-order valence-electron chi connectivity index (χ4n) is 2.80. The summed E-state index contributed by atoms with van der Waals surface area (Å²) in [5.74, 6) is 0.109. The topological polar surface area (TPSA) is 51.2 Å². The zero-order valence-electron chi connectivity index (χ0n) is 12.8. The van der Waals surface area contributed by atoms with E-state index in [9.17, 15) is 4.79 Å². The molecule has 0 saturated heterocycles. The highest BCUT2D eigenvalue weighted by atomic mass is 16.5. The highest BCUT2D eigenvalue weighted by molar-refractivity contribution is 5.76. The molecule has 0 radical (unpaired) electrons. The van der Waals surface area contributed by atoms with Crippen molar-refractivity contribution in [1.82, 2.24) is 10.3 Å². The van der Waals surface area contributed by atoms with Gasteiger partial charge in [-0.1, -0.05) is 13.8 Å². The molecule has 1 N–H and O–H groups in total. The Labute approximate surface area is 120 Å². The second-order valence-corrected chi connectivity index (χ2v) is 6.34. The highest BCUT2D eigenvalue weighted by Gasteiger charge is 2.58. The van der Waals surface area contributed by atoms with Crippen molar-refractivity contribution >= 4 is 5.91 Å². The van der Waals surface area contributed by atoms with Gasteiger partial charge in [0.25, 0.3) is 0 Å². The van der Waals surface area contributed by atoms with Gasteiger partial charge < -0.3 is 10.1 Å². The van der Waals surface area contributed by atoms with Crippen LogP contribution in [0.5, 0.6) is 0 Å². The lowest BCUT2D eigenvalue weighted by Crippen LogP contribution is -2.68. The van der Waals surface area contributed by atoms with E-state index >= 15 is 0 Å². The normalized spacial score (nSPS) is 27.7. The van der Waals surface area contributed by atoms with E-state index in [0.29, 0.717) is 6.42 Å². The molecule has 1 amide bonds. The van der Waals surface area contributed by atoms with E-state index in [0.717, 1.165) is 18.4 Å². The molecule has 1 aromatic heterocycles. The zero-order valence-corrected chi connectivity index (χ0v) is 12.8. The molecule has 1 heterocycles. The predicted molar refractivity (Wildman–Crippen MR) is 78.3 cm³/mol. The molecule has 0 spiro atoms. The number of aryl methyl sites for hydroxylation is 1.